The van der Waals surface area contributed by atoms with E-state index in [0.717, 1.165) is 17.7 Å². The minimum absolute atomic E-state index is 0.000488. The van der Waals surface area contributed by atoms with Crippen molar-refractivity contribution in [2.24, 2.45) is 4.99 Å². The number of hydrogen-bond acceptors (Lipinski definition) is 6. The zero-order valence-corrected chi connectivity index (χ0v) is 20.0. The fraction of sp³-hybridized carbons (Fsp3) is 0.222. The third kappa shape index (κ3) is 4.10. The second-order valence-electron chi connectivity index (χ2n) is 9.13. The molecule has 0 radical (unpaired) electrons. The fourth-order valence-corrected chi connectivity index (χ4v) is 4.82. The summed E-state index contributed by atoms with van der Waals surface area (Å²) < 4.78 is 35.1. The van der Waals surface area contributed by atoms with Crippen LogP contribution in [-0.2, 0) is 17.7 Å². The lowest BCUT2D eigenvalue weighted by Gasteiger charge is -2.26. The summed E-state index contributed by atoms with van der Waals surface area (Å²) in [5.41, 5.74) is 1.02. The largest absolute Gasteiger partial charge is 0.378 e. The number of nitrogens with one attached hydrogen (secondary N) is 1. The number of pyridine rings is 2. The molecule has 0 saturated carbocycles. The van der Waals surface area contributed by atoms with Gasteiger partial charge in [0.1, 0.15) is 17.2 Å². The molecule has 0 unspecified atom stereocenters. The van der Waals surface area contributed by atoms with Gasteiger partial charge >= 0.3 is 0 Å². The molecule has 38 heavy (non-hydrogen) atoms. The fourth-order valence-electron chi connectivity index (χ4n) is 4.82. The topological polar surface area (TPSA) is 110 Å². The summed E-state index contributed by atoms with van der Waals surface area (Å²) in [5, 5.41) is 0.267. The molecule has 1 aromatic carbocycles. The predicted octanol–water partition coefficient (Wildman–Crippen LogP) is 3.04. The SMILES string of the molecule is O=C(c1c(F)cccc1F)c1c[nH]c2c(=O)n(CC3=Nc4ncc(C(=O)N5CCOCC5)cc4C3)ccc12. The number of aliphatic imine (C=N–C) groups is 1. The van der Waals surface area contributed by atoms with E-state index >= 15 is 0 Å². The van der Waals surface area contributed by atoms with Crippen molar-refractivity contribution in [2.75, 3.05) is 26.3 Å². The highest BCUT2D eigenvalue weighted by atomic mass is 19.1. The lowest BCUT2D eigenvalue weighted by atomic mass is 10.0. The number of aromatic nitrogens is 3. The van der Waals surface area contributed by atoms with E-state index in [1.54, 1.807) is 17.0 Å². The van der Waals surface area contributed by atoms with Crippen molar-refractivity contribution in [3.8, 4) is 0 Å². The van der Waals surface area contributed by atoms with Crippen LogP contribution >= 0.6 is 0 Å². The number of carbonyl (C=O) groups is 2. The molecule has 6 rings (SSSR count). The number of aromatic amines is 1. The Labute approximate surface area is 214 Å². The van der Waals surface area contributed by atoms with Crippen LogP contribution in [0.1, 0.15) is 31.8 Å². The zero-order valence-electron chi connectivity index (χ0n) is 20.0. The molecule has 1 N–H and O–H groups in total. The lowest BCUT2D eigenvalue weighted by molar-refractivity contribution is 0.0302. The summed E-state index contributed by atoms with van der Waals surface area (Å²) in [4.78, 5) is 52.2. The monoisotopic (exact) mass is 517 g/mol. The third-order valence-corrected chi connectivity index (χ3v) is 6.75. The van der Waals surface area contributed by atoms with Crippen LogP contribution in [0.5, 0.6) is 0 Å². The van der Waals surface area contributed by atoms with E-state index in [4.69, 9.17) is 4.74 Å². The highest BCUT2D eigenvalue weighted by Gasteiger charge is 2.25. The van der Waals surface area contributed by atoms with E-state index in [-0.39, 0.29) is 28.9 Å². The Morgan fingerprint density at radius 2 is 1.87 bits per heavy atom. The Morgan fingerprint density at radius 3 is 2.63 bits per heavy atom. The van der Waals surface area contributed by atoms with E-state index in [0.29, 0.717) is 49.8 Å². The number of ketones is 1. The van der Waals surface area contributed by atoms with Crippen molar-refractivity contribution in [3.05, 3.63) is 93.2 Å². The van der Waals surface area contributed by atoms with Gasteiger partial charge in [-0.05, 0) is 24.3 Å². The molecular weight excluding hydrogens is 496 g/mol. The molecule has 3 aromatic heterocycles. The van der Waals surface area contributed by atoms with E-state index < -0.39 is 28.5 Å². The number of fused-ring (bicyclic) bond motifs is 2. The number of ether oxygens (including phenoxy) is 1. The van der Waals surface area contributed by atoms with Crippen molar-refractivity contribution >= 4 is 34.1 Å². The molecule has 1 amide bonds. The summed E-state index contributed by atoms with van der Waals surface area (Å²) in [6.45, 7) is 2.25. The van der Waals surface area contributed by atoms with Crippen molar-refractivity contribution in [1.82, 2.24) is 19.4 Å². The zero-order chi connectivity index (χ0) is 26.4. The van der Waals surface area contributed by atoms with Gasteiger partial charge < -0.3 is 19.2 Å². The number of morpholine rings is 1. The standard InChI is InChI=1S/C27H21F2N5O4/c28-20-2-1-3-21(29)22(20)24(35)19-13-30-23-18(19)4-5-34(27(23)37)14-17-11-15-10-16(12-31-25(15)32-17)26(36)33-6-8-38-9-7-33/h1-5,10,12-13,30H,6-9,11,14H2. The molecule has 0 aliphatic carbocycles. The summed E-state index contributed by atoms with van der Waals surface area (Å²) in [6.07, 6.45) is 4.74. The van der Waals surface area contributed by atoms with Gasteiger partial charge in [0.05, 0.1) is 30.9 Å². The average Bonchev–Trinajstić information content (AvgIpc) is 3.54. The normalized spacial score (nSPS) is 15.0. The minimum atomic E-state index is -0.972. The smallest absolute Gasteiger partial charge is 0.275 e. The summed E-state index contributed by atoms with van der Waals surface area (Å²) in [5.74, 6) is -2.40. The Balaban J connectivity index is 1.22. The number of benzene rings is 1. The van der Waals surface area contributed by atoms with Gasteiger partial charge in [-0.3, -0.25) is 14.4 Å². The van der Waals surface area contributed by atoms with Crippen LogP contribution in [0.4, 0.5) is 14.6 Å². The molecular formula is C27H21F2N5O4. The van der Waals surface area contributed by atoms with Crippen molar-refractivity contribution in [3.63, 3.8) is 0 Å². The van der Waals surface area contributed by atoms with E-state index in [1.165, 1.54) is 29.2 Å². The molecule has 2 aliphatic heterocycles. The van der Waals surface area contributed by atoms with Gasteiger partial charge in [0.2, 0.25) is 5.78 Å². The van der Waals surface area contributed by atoms with Gasteiger partial charge in [-0.2, -0.15) is 0 Å². The number of H-pyrrole nitrogens is 1. The molecule has 0 bridgehead atoms. The van der Waals surface area contributed by atoms with Gasteiger partial charge in [-0.1, -0.05) is 6.07 Å². The minimum Gasteiger partial charge on any atom is -0.378 e. The Hall–Kier alpha value is -4.51. The first-order chi connectivity index (χ1) is 18.4. The number of hydrogen-bond donors (Lipinski definition) is 1. The second kappa shape index (κ2) is 9.42. The maximum Gasteiger partial charge on any atom is 0.275 e. The average molecular weight is 517 g/mol. The number of halogens is 2. The maximum absolute atomic E-state index is 14.2. The van der Waals surface area contributed by atoms with Crippen LogP contribution < -0.4 is 5.56 Å². The van der Waals surface area contributed by atoms with Crippen molar-refractivity contribution in [1.29, 1.82) is 0 Å². The van der Waals surface area contributed by atoms with Gasteiger partial charge in [-0.15, -0.1) is 0 Å². The first kappa shape index (κ1) is 23.9. The quantitative estimate of drug-likeness (QED) is 0.410. The second-order valence-corrected chi connectivity index (χ2v) is 9.13. The van der Waals surface area contributed by atoms with Crippen LogP contribution in [0.3, 0.4) is 0 Å². The summed E-state index contributed by atoms with van der Waals surface area (Å²) in [6, 6.07) is 6.54. The van der Waals surface area contributed by atoms with Crippen LogP contribution in [0.2, 0.25) is 0 Å². The Kier molecular flexibility index (Phi) is 5.91. The molecule has 9 nitrogen and oxygen atoms in total. The third-order valence-electron chi connectivity index (χ3n) is 6.75. The van der Waals surface area contributed by atoms with Crippen LogP contribution in [0.15, 0.2) is 58.7 Å². The molecule has 0 spiro atoms. The number of carbonyl (C=O) groups excluding carboxylic acids is 2. The van der Waals surface area contributed by atoms with Gasteiger partial charge in [0, 0.05) is 60.3 Å². The number of amides is 1. The molecule has 1 fully saturated rings. The number of nitrogens with zero attached hydrogens (tertiary/aromatic N) is 4. The van der Waals surface area contributed by atoms with Gasteiger partial charge in [-0.25, -0.2) is 18.8 Å². The van der Waals surface area contributed by atoms with Crippen LogP contribution in [-0.4, -0.2) is 63.1 Å². The maximum atomic E-state index is 14.2. The lowest BCUT2D eigenvalue weighted by Crippen LogP contribution is -2.40. The summed E-state index contributed by atoms with van der Waals surface area (Å²) >= 11 is 0. The molecule has 5 heterocycles. The molecule has 192 valence electrons. The van der Waals surface area contributed by atoms with Gasteiger partial charge in [0.25, 0.3) is 11.5 Å². The Morgan fingerprint density at radius 1 is 1.11 bits per heavy atom. The highest BCUT2D eigenvalue weighted by molar-refractivity contribution is 6.16. The molecule has 4 aromatic rings. The molecule has 0 atom stereocenters. The first-order valence-corrected chi connectivity index (χ1v) is 12.0. The van der Waals surface area contributed by atoms with E-state index in [1.807, 2.05) is 0 Å². The van der Waals surface area contributed by atoms with E-state index in [9.17, 15) is 23.2 Å². The predicted molar refractivity (Wildman–Crippen MR) is 134 cm³/mol. The molecule has 2 aliphatic rings. The van der Waals surface area contributed by atoms with E-state index in [2.05, 4.69) is 15.0 Å². The van der Waals surface area contributed by atoms with Crippen molar-refractivity contribution < 1.29 is 23.1 Å². The van der Waals surface area contributed by atoms with Gasteiger partial charge in [0.15, 0.2) is 5.82 Å². The summed E-state index contributed by atoms with van der Waals surface area (Å²) in [7, 11) is 0. The number of rotatable bonds is 5. The van der Waals surface area contributed by atoms with Crippen LogP contribution in [0.25, 0.3) is 10.9 Å². The Bertz CT molecular complexity index is 1680. The highest BCUT2D eigenvalue weighted by Crippen LogP contribution is 2.27. The first-order valence-electron chi connectivity index (χ1n) is 12.0. The van der Waals surface area contributed by atoms with Crippen molar-refractivity contribution in [2.45, 2.75) is 13.0 Å². The molecule has 11 heteroatoms. The molecule has 1 saturated heterocycles. The van der Waals surface area contributed by atoms with Crippen LogP contribution in [0, 0.1) is 11.6 Å².